The van der Waals surface area contributed by atoms with Crippen molar-refractivity contribution in [3.63, 3.8) is 0 Å². The second-order valence-corrected chi connectivity index (χ2v) is 5.53. The number of rotatable bonds is 2. The Bertz CT molecular complexity index is 651. The Morgan fingerprint density at radius 2 is 2.05 bits per heavy atom. The molecule has 0 spiro atoms. The summed E-state index contributed by atoms with van der Waals surface area (Å²) in [6, 6.07) is 7.63. The van der Waals surface area contributed by atoms with E-state index in [4.69, 9.17) is 16.7 Å². The summed E-state index contributed by atoms with van der Waals surface area (Å²) in [4.78, 5) is 17.6. The number of carboxylic acids is 1. The maximum atomic E-state index is 11.0. The highest BCUT2D eigenvalue weighted by atomic mass is 35.5. The summed E-state index contributed by atoms with van der Waals surface area (Å²) in [6.45, 7) is 1.51. The molecule has 1 aliphatic heterocycles. The molecule has 0 radical (unpaired) electrons. The van der Waals surface area contributed by atoms with E-state index >= 15 is 0 Å². The molecule has 0 bridgehead atoms. The average Bonchev–Trinajstić information content (AvgIpc) is 2.46. The SMILES string of the molecule is O=C(O)C1CCN(c2ccnc3ccc(Cl)cc23)CC1. The number of carboxylic acid groups (broad SMARTS) is 1. The predicted molar refractivity (Wildman–Crippen MR) is 79.3 cm³/mol. The zero-order chi connectivity index (χ0) is 14.1. The molecule has 104 valence electrons. The summed E-state index contributed by atoms with van der Waals surface area (Å²) in [5.74, 6) is -0.907. The molecular formula is C15H15ClN2O2. The van der Waals surface area contributed by atoms with Gasteiger partial charge in [0, 0.05) is 35.4 Å². The Morgan fingerprint density at radius 1 is 1.30 bits per heavy atom. The van der Waals surface area contributed by atoms with Crippen LogP contribution >= 0.6 is 11.6 Å². The molecule has 20 heavy (non-hydrogen) atoms. The van der Waals surface area contributed by atoms with Crippen molar-refractivity contribution < 1.29 is 9.90 Å². The first-order valence-electron chi connectivity index (χ1n) is 6.67. The molecule has 0 aliphatic carbocycles. The number of piperidine rings is 1. The maximum Gasteiger partial charge on any atom is 0.306 e. The Kier molecular flexibility index (Phi) is 3.49. The van der Waals surface area contributed by atoms with Crippen LogP contribution in [0.4, 0.5) is 5.69 Å². The Labute approximate surface area is 122 Å². The van der Waals surface area contributed by atoms with E-state index in [1.54, 1.807) is 6.20 Å². The molecule has 3 rings (SSSR count). The zero-order valence-electron chi connectivity index (χ0n) is 10.9. The van der Waals surface area contributed by atoms with E-state index < -0.39 is 5.97 Å². The van der Waals surface area contributed by atoms with Gasteiger partial charge in [-0.05, 0) is 37.1 Å². The molecule has 1 fully saturated rings. The molecular weight excluding hydrogens is 276 g/mol. The van der Waals surface area contributed by atoms with E-state index in [1.807, 2.05) is 24.3 Å². The van der Waals surface area contributed by atoms with Gasteiger partial charge in [-0.3, -0.25) is 9.78 Å². The van der Waals surface area contributed by atoms with Crippen LogP contribution in [0.1, 0.15) is 12.8 Å². The van der Waals surface area contributed by atoms with Gasteiger partial charge in [0.1, 0.15) is 0 Å². The minimum Gasteiger partial charge on any atom is -0.481 e. The van der Waals surface area contributed by atoms with Gasteiger partial charge in [0.15, 0.2) is 0 Å². The van der Waals surface area contributed by atoms with Crippen LogP contribution in [-0.2, 0) is 4.79 Å². The zero-order valence-corrected chi connectivity index (χ0v) is 11.7. The second kappa shape index (κ2) is 5.29. The molecule has 5 heteroatoms. The van der Waals surface area contributed by atoms with Crippen molar-refractivity contribution in [3.8, 4) is 0 Å². The molecule has 4 nitrogen and oxygen atoms in total. The predicted octanol–water partition coefficient (Wildman–Crippen LogP) is 3.19. The third-order valence-electron chi connectivity index (χ3n) is 3.87. The highest BCUT2D eigenvalue weighted by Gasteiger charge is 2.25. The van der Waals surface area contributed by atoms with Gasteiger partial charge < -0.3 is 10.0 Å². The first kappa shape index (κ1) is 13.2. The molecule has 0 amide bonds. The fourth-order valence-corrected chi connectivity index (χ4v) is 2.92. The average molecular weight is 291 g/mol. The molecule has 2 aromatic rings. The van der Waals surface area contributed by atoms with Crippen LogP contribution in [0.15, 0.2) is 30.5 Å². The van der Waals surface area contributed by atoms with Gasteiger partial charge in [-0.15, -0.1) is 0 Å². The fourth-order valence-electron chi connectivity index (χ4n) is 2.75. The minimum atomic E-state index is -0.688. The lowest BCUT2D eigenvalue weighted by Crippen LogP contribution is -2.36. The monoisotopic (exact) mass is 290 g/mol. The van der Waals surface area contributed by atoms with Crippen LogP contribution in [0.3, 0.4) is 0 Å². The van der Waals surface area contributed by atoms with Gasteiger partial charge in [-0.25, -0.2) is 0 Å². The van der Waals surface area contributed by atoms with Gasteiger partial charge in [0.25, 0.3) is 0 Å². The highest BCUT2D eigenvalue weighted by Crippen LogP contribution is 2.30. The smallest absolute Gasteiger partial charge is 0.306 e. The number of aromatic nitrogens is 1. The largest absolute Gasteiger partial charge is 0.481 e. The van der Waals surface area contributed by atoms with Crippen molar-refractivity contribution in [2.75, 3.05) is 18.0 Å². The van der Waals surface area contributed by atoms with E-state index in [2.05, 4.69) is 9.88 Å². The molecule has 2 heterocycles. The first-order valence-corrected chi connectivity index (χ1v) is 7.05. The molecule has 0 atom stereocenters. The highest BCUT2D eigenvalue weighted by molar-refractivity contribution is 6.31. The van der Waals surface area contributed by atoms with Crippen molar-refractivity contribution >= 4 is 34.2 Å². The van der Waals surface area contributed by atoms with Crippen molar-refractivity contribution in [2.24, 2.45) is 5.92 Å². The third kappa shape index (κ3) is 2.43. The van der Waals surface area contributed by atoms with Crippen molar-refractivity contribution in [1.29, 1.82) is 0 Å². The third-order valence-corrected chi connectivity index (χ3v) is 4.10. The lowest BCUT2D eigenvalue weighted by molar-refractivity contribution is -0.142. The van der Waals surface area contributed by atoms with E-state index in [1.165, 1.54) is 0 Å². The molecule has 1 aliphatic rings. The summed E-state index contributed by atoms with van der Waals surface area (Å²) in [7, 11) is 0. The lowest BCUT2D eigenvalue weighted by atomic mass is 9.96. The molecule has 1 N–H and O–H groups in total. The van der Waals surface area contributed by atoms with E-state index in [9.17, 15) is 4.79 Å². The molecule has 0 unspecified atom stereocenters. The summed E-state index contributed by atoms with van der Waals surface area (Å²) in [6.07, 6.45) is 3.15. The second-order valence-electron chi connectivity index (χ2n) is 5.09. The van der Waals surface area contributed by atoms with Gasteiger partial charge in [-0.1, -0.05) is 11.6 Å². The maximum absolute atomic E-state index is 11.0. The Balaban J connectivity index is 1.91. The van der Waals surface area contributed by atoms with Gasteiger partial charge in [0.2, 0.25) is 0 Å². The number of anilines is 1. The molecule has 1 saturated heterocycles. The summed E-state index contributed by atoms with van der Waals surface area (Å²) in [5, 5.41) is 10.8. The van der Waals surface area contributed by atoms with E-state index in [0.717, 1.165) is 29.7 Å². The van der Waals surface area contributed by atoms with E-state index in [-0.39, 0.29) is 5.92 Å². The number of hydrogen-bond acceptors (Lipinski definition) is 3. The van der Waals surface area contributed by atoms with Crippen LogP contribution < -0.4 is 4.90 Å². The van der Waals surface area contributed by atoms with Crippen LogP contribution in [0.5, 0.6) is 0 Å². The number of pyridine rings is 1. The lowest BCUT2D eigenvalue weighted by Gasteiger charge is -2.32. The Morgan fingerprint density at radius 3 is 2.75 bits per heavy atom. The van der Waals surface area contributed by atoms with Gasteiger partial charge in [0.05, 0.1) is 11.4 Å². The topological polar surface area (TPSA) is 53.4 Å². The fraction of sp³-hybridized carbons (Fsp3) is 0.333. The molecule has 1 aromatic heterocycles. The Hall–Kier alpha value is -1.81. The normalized spacial score (nSPS) is 16.6. The quantitative estimate of drug-likeness (QED) is 0.923. The minimum absolute atomic E-state index is 0.220. The number of aliphatic carboxylic acids is 1. The van der Waals surface area contributed by atoms with E-state index in [0.29, 0.717) is 17.9 Å². The van der Waals surface area contributed by atoms with Crippen LogP contribution in [0.25, 0.3) is 10.9 Å². The molecule has 0 saturated carbocycles. The number of nitrogens with zero attached hydrogens (tertiary/aromatic N) is 2. The number of halogens is 1. The number of fused-ring (bicyclic) bond motifs is 1. The van der Waals surface area contributed by atoms with Crippen molar-refractivity contribution in [2.45, 2.75) is 12.8 Å². The summed E-state index contributed by atoms with van der Waals surface area (Å²) in [5.41, 5.74) is 1.99. The van der Waals surface area contributed by atoms with Crippen LogP contribution in [0, 0.1) is 5.92 Å². The first-order chi connectivity index (χ1) is 9.65. The summed E-state index contributed by atoms with van der Waals surface area (Å²) >= 11 is 6.07. The van der Waals surface area contributed by atoms with Gasteiger partial charge >= 0.3 is 5.97 Å². The molecule has 1 aromatic carbocycles. The summed E-state index contributed by atoms with van der Waals surface area (Å²) < 4.78 is 0. The van der Waals surface area contributed by atoms with Crippen LogP contribution in [0.2, 0.25) is 5.02 Å². The van der Waals surface area contributed by atoms with Gasteiger partial charge in [-0.2, -0.15) is 0 Å². The number of carbonyl (C=O) groups is 1. The number of hydrogen-bond donors (Lipinski definition) is 1. The van der Waals surface area contributed by atoms with Crippen molar-refractivity contribution in [1.82, 2.24) is 4.98 Å². The van der Waals surface area contributed by atoms with Crippen molar-refractivity contribution in [3.05, 3.63) is 35.5 Å². The number of benzene rings is 1. The standard InChI is InChI=1S/C15H15ClN2O2/c16-11-1-2-13-12(9-11)14(3-6-17-13)18-7-4-10(5-8-18)15(19)20/h1-3,6,9-10H,4-5,7-8H2,(H,19,20). The van der Waals surface area contributed by atoms with Crippen LogP contribution in [-0.4, -0.2) is 29.1 Å².